The molecule has 0 unspecified atom stereocenters. The minimum atomic E-state index is -0.388. The first-order valence-electron chi connectivity index (χ1n) is 39.6. The minimum Gasteiger partial charge on any atom is -0.423 e. The first kappa shape index (κ1) is 87.4. The van der Waals surface area contributed by atoms with E-state index in [9.17, 15) is 35.9 Å². The Bertz CT molecular complexity index is 6680. The highest BCUT2D eigenvalue weighted by Crippen LogP contribution is 2.34. The third-order valence-corrected chi connectivity index (χ3v) is 18.6. The number of benzene rings is 12. The highest BCUT2D eigenvalue weighted by Gasteiger charge is 2.17. The van der Waals surface area contributed by atoms with E-state index in [1.54, 1.807) is 158 Å². The average molecular weight is 1690 g/mol. The summed E-state index contributed by atoms with van der Waals surface area (Å²) in [6.07, 6.45) is 11.6. The van der Waals surface area contributed by atoms with Crippen molar-refractivity contribution in [1.29, 1.82) is 0 Å². The molecule has 0 saturated carbocycles. The molecule has 6 N–H and O–H groups in total. The van der Waals surface area contributed by atoms with Crippen molar-refractivity contribution in [2.24, 2.45) is 0 Å². The molecule has 18 aromatic rings. The molecule has 0 amide bonds. The van der Waals surface area contributed by atoms with Crippen LogP contribution in [0.2, 0.25) is 0 Å². The Balaban J connectivity index is 0.000000130. The number of hydrogen-bond donors (Lipinski definition) is 6. The number of hydrogen-bond acceptors (Lipinski definition) is 20. The van der Waals surface area contributed by atoms with Gasteiger partial charge in [0, 0.05) is 61.6 Å². The van der Waals surface area contributed by atoms with E-state index in [0.29, 0.717) is 86.2 Å². The summed E-state index contributed by atoms with van der Waals surface area (Å²) in [5.41, 5.74) is 14.0. The van der Waals surface area contributed by atoms with Crippen molar-refractivity contribution in [1.82, 2.24) is 29.9 Å². The van der Waals surface area contributed by atoms with Crippen LogP contribution in [0.4, 0.5) is 96.6 Å². The fraction of sp³-hybridized carbons (Fsp3) is 0.0800. The molecule has 0 atom stereocenters. The molecule has 126 heavy (non-hydrogen) atoms. The van der Waals surface area contributed by atoms with Gasteiger partial charge in [-0.15, -0.1) is 0 Å². The zero-order valence-corrected chi connectivity index (χ0v) is 68.8. The highest BCUT2D eigenvalue weighted by molar-refractivity contribution is 5.96. The Labute approximate surface area is 721 Å². The molecule has 20 nitrogen and oxygen atoms in total. The zero-order chi connectivity index (χ0) is 88.3. The first-order chi connectivity index (χ1) is 61.2. The second-order valence-corrected chi connectivity index (χ2v) is 28.0. The Morgan fingerprint density at radius 1 is 0.270 bits per heavy atom. The van der Waals surface area contributed by atoms with E-state index >= 15 is 0 Å². The van der Waals surface area contributed by atoms with Crippen LogP contribution in [0.25, 0.3) is 67.9 Å². The van der Waals surface area contributed by atoms with Crippen molar-refractivity contribution < 1.29 is 62.4 Å². The molecule has 6 aromatic heterocycles. The number of carbonyl (C=O) groups excluding carboxylic acids is 2. The predicted molar refractivity (Wildman–Crippen MR) is 478 cm³/mol. The number of anilines is 12. The molecule has 0 saturated heterocycles. The van der Waals surface area contributed by atoms with Crippen molar-refractivity contribution in [3.8, 4) is 67.9 Å². The molecule has 632 valence electrons. The van der Waals surface area contributed by atoms with Gasteiger partial charge < -0.3 is 58.4 Å². The lowest BCUT2D eigenvalue weighted by molar-refractivity contribution is 0.100. The zero-order valence-electron chi connectivity index (χ0n) is 68.8. The van der Waals surface area contributed by atoms with Gasteiger partial charge in [0.2, 0.25) is 0 Å². The molecular weight excluding hydrogens is 1610 g/mol. The molecule has 26 heteroatoms. The van der Waals surface area contributed by atoms with Crippen LogP contribution >= 0.6 is 0 Å². The minimum absolute atomic E-state index is 0.0144. The van der Waals surface area contributed by atoms with Gasteiger partial charge in [-0.05, 0) is 179 Å². The molecule has 0 fully saturated rings. The lowest BCUT2D eigenvalue weighted by Crippen LogP contribution is -1.92. The van der Waals surface area contributed by atoms with Crippen LogP contribution in [-0.2, 0) is 12.8 Å². The van der Waals surface area contributed by atoms with Crippen molar-refractivity contribution in [2.45, 2.75) is 54.4 Å². The maximum absolute atomic E-state index is 13.6. The third-order valence-electron chi connectivity index (χ3n) is 18.6. The molecule has 0 spiro atoms. The van der Waals surface area contributed by atoms with Crippen molar-refractivity contribution in [3.63, 3.8) is 0 Å². The monoisotopic (exact) mass is 1690 g/mol. The maximum atomic E-state index is 13.6. The first-order valence-corrected chi connectivity index (χ1v) is 39.6. The SMILES string of the molecule is CC(=O)c1cccc(-c2cnc(Nc3cccc(F)c3)o2)c1.CC(=O)c1cccc(-c2cnc(Nc3ccccc3F)o2)c1.CCc1cccc(-c2cnc(Nc3cccc(F)c3)o2)c1.CCc1cccc(-c2cnc(Nc3ccccc3F)o2)c1.Cc1cccc(-c2cnc(Nc3cccc(F)c3)o2)c1.Cc1cccc(-c2cnc(Nc3ccccc3F)o2)c1. The number of rotatable bonds is 22. The van der Waals surface area contributed by atoms with E-state index in [0.717, 1.165) is 57.3 Å². The Kier molecular flexibility index (Phi) is 29.6. The normalized spacial score (nSPS) is 10.5. The van der Waals surface area contributed by atoms with E-state index in [-0.39, 0.29) is 76.2 Å². The second kappa shape index (κ2) is 42.7. The number of Topliss-reactive ketones (excluding diaryl/α,β-unsaturated/α-hetero) is 2. The van der Waals surface area contributed by atoms with Crippen LogP contribution in [0.3, 0.4) is 0 Å². The Morgan fingerprint density at radius 2 is 0.516 bits per heavy atom. The molecule has 18 rings (SSSR count). The molecule has 6 heterocycles. The highest BCUT2D eigenvalue weighted by atomic mass is 19.1. The van der Waals surface area contributed by atoms with Gasteiger partial charge in [0.1, 0.15) is 34.9 Å². The fourth-order valence-corrected chi connectivity index (χ4v) is 12.2. The van der Waals surface area contributed by atoms with Crippen LogP contribution in [0.5, 0.6) is 0 Å². The van der Waals surface area contributed by atoms with Crippen LogP contribution in [0.1, 0.15) is 70.7 Å². The van der Waals surface area contributed by atoms with E-state index in [4.69, 9.17) is 26.5 Å². The van der Waals surface area contributed by atoms with Crippen LogP contribution in [0, 0.1) is 48.8 Å². The number of nitrogens with zero attached hydrogens (tertiary/aromatic N) is 6. The van der Waals surface area contributed by atoms with Crippen molar-refractivity contribution >= 4 is 81.8 Å². The molecule has 12 aromatic carbocycles. The molecule has 0 aliphatic heterocycles. The van der Waals surface area contributed by atoms with Gasteiger partial charge in [0.25, 0.3) is 36.1 Å². The number of oxazole rings is 6. The Hall–Kier alpha value is -16.4. The quantitative estimate of drug-likeness (QED) is 0.0272. The number of ketones is 2. The summed E-state index contributed by atoms with van der Waals surface area (Å²) >= 11 is 0. The molecule has 0 bridgehead atoms. The number of halogens is 6. The number of carbonyl (C=O) groups is 2. The van der Waals surface area contributed by atoms with Crippen molar-refractivity contribution in [2.75, 3.05) is 31.9 Å². The van der Waals surface area contributed by atoms with Gasteiger partial charge in [0.15, 0.2) is 46.1 Å². The average Bonchev–Trinajstić information content (AvgIpc) is 1.72. The number of nitrogens with one attached hydrogen (secondary N) is 6. The molecular formula is C100H82F6N12O8. The largest absolute Gasteiger partial charge is 0.423 e. The summed E-state index contributed by atoms with van der Waals surface area (Å²) in [5.74, 6) is 1.63. The smallest absolute Gasteiger partial charge is 0.299 e. The fourth-order valence-electron chi connectivity index (χ4n) is 12.2. The topological polar surface area (TPSA) is 262 Å². The van der Waals surface area contributed by atoms with E-state index in [2.05, 4.69) is 99.9 Å². The summed E-state index contributed by atoms with van der Waals surface area (Å²) in [6.45, 7) is 11.3. The van der Waals surface area contributed by atoms with Gasteiger partial charge in [-0.2, -0.15) is 0 Å². The second-order valence-electron chi connectivity index (χ2n) is 28.0. The van der Waals surface area contributed by atoms with E-state index in [1.165, 1.54) is 85.8 Å². The van der Waals surface area contributed by atoms with Gasteiger partial charge in [-0.25, -0.2) is 56.2 Å². The predicted octanol–water partition coefficient (Wildman–Crippen LogP) is 27.5. The lowest BCUT2D eigenvalue weighted by Gasteiger charge is -2.03. The maximum Gasteiger partial charge on any atom is 0.299 e. The Morgan fingerprint density at radius 3 is 0.778 bits per heavy atom. The van der Waals surface area contributed by atoms with Gasteiger partial charge in [-0.3, -0.25) is 9.59 Å². The summed E-state index contributed by atoms with van der Waals surface area (Å²) in [6, 6.07) is 85.3. The van der Waals surface area contributed by atoms with Crippen LogP contribution < -0.4 is 31.9 Å². The lowest BCUT2D eigenvalue weighted by atomic mass is 10.1. The summed E-state index contributed by atoms with van der Waals surface area (Å²) in [4.78, 5) is 47.6. The van der Waals surface area contributed by atoms with Crippen LogP contribution in [0.15, 0.2) is 355 Å². The van der Waals surface area contributed by atoms with Gasteiger partial charge >= 0.3 is 0 Å². The van der Waals surface area contributed by atoms with E-state index < -0.39 is 0 Å². The number of para-hydroxylation sites is 3. The summed E-state index contributed by atoms with van der Waals surface area (Å²) in [7, 11) is 0. The number of aromatic nitrogens is 6. The summed E-state index contributed by atoms with van der Waals surface area (Å²) < 4.78 is 114. The standard InChI is InChI=1S/2C17H13FN2O2.2C17H15FN2O.2C16H13FN2O/c1-11(21)12-4-2-5-13(8-12)16-10-19-17(22-16)20-15-7-3-6-14(18)9-15;1-11(21)12-5-4-6-13(9-12)16-10-19-17(22-16)20-15-8-3-2-7-14(15)18;1-2-12-5-3-6-13(9-12)16-11-19-17(21-16)20-15-8-4-7-14(18)10-15;1-2-12-6-5-7-13(10-12)16-11-19-17(21-16)20-15-9-4-3-8-14(15)18;1-11-4-2-5-12(8-11)15-10-18-16(20-15)19-14-7-3-6-13(17)9-14;1-11-5-4-6-12(9-11)15-10-18-16(20-15)19-14-8-3-2-7-13(14)17/h2*2-10H,1H3,(H,19,20);2*3-11H,2H2,1H3,(H,19,20);2*2-10H,1H3,(H,18,19). The number of aryl methyl sites for hydroxylation is 4. The van der Waals surface area contributed by atoms with E-state index in [1.807, 2.05) is 98.8 Å². The van der Waals surface area contributed by atoms with Gasteiger partial charge in [-0.1, -0.05) is 189 Å². The molecule has 0 aliphatic rings. The van der Waals surface area contributed by atoms with Crippen LogP contribution in [-0.4, -0.2) is 41.5 Å². The molecule has 0 radical (unpaired) electrons. The molecule has 0 aliphatic carbocycles. The van der Waals surface area contributed by atoms with Crippen molar-refractivity contribution in [3.05, 3.63) is 397 Å². The summed E-state index contributed by atoms with van der Waals surface area (Å²) in [5, 5.41) is 17.2. The van der Waals surface area contributed by atoms with Gasteiger partial charge in [0.05, 0.1) is 54.2 Å². The third kappa shape index (κ3) is 25.1.